The van der Waals surface area contributed by atoms with Crippen molar-refractivity contribution < 1.29 is 14.4 Å². The topological polar surface area (TPSA) is 102 Å². The zero-order valence-electron chi connectivity index (χ0n) is 16.1. The lowest BCUT2D eigenvalue weighted by atomic mass is 10.1. The van der Waals surface area contributed by atoms with Gasteiger partial charge in [0, 0.05) is 34.5 Å². The highest BCUT2D eigenvalue weighted by molar-refractivity contribution is 6.31. The molecule has 1 heterocycles. The largest absolute Gasteiger partial charge is 0.507 e. The normalized spacial score (nSPS) is 11.4. The second-order valence-corrected chi connectivity index (χ2v) is 7.23. The van der Waals surface area contributed by atoms with Crippen LogP contribution in [0.4, 0.5) is 11.4 Å². The summed E-state index contributed by atoms with van der Waals surface area (Å²) in [6.45, 7) is 3.48. The van der Waals surface area contributed by atoms with Crippen LogP contribution >= 0.6 is 11.6 Å². The van der Waals surface area contributed by atoms with Gasteiger partial charge in [-0.2, -0.15) is 0 Å². The first-order chi connectivity index (χ1) is 14.3. The molecule has 0 radical (unpaired) electrons. The van der Waals surface area contributed by atoms with Crippen LogP contribution in [0.25, 0.3) is 22.6 Å². The van der Waals surface area contributed by atoms with Crippen LogP contribution < -0.4 is 0 Å². The van der Waals surface area contributed by atoms with Gasteiger partial charge in [-0.25, -0.2) is 4.98 Å². The number of aromatic hydroxyl groups is 1. The smallest absolute Gasteiger partial charge is 0.270 e. The van der Waals surface area contributed by atoms with Gasteiger partial charge < -0.3 is 9.52 Å². The Hall–Kier alpha value is -3.71. The number of rotatable bonds is 4. The van der Waals surface area contributed by atoms with Crippen molar-refractivity contribution in [2.45, 2.75) is 13.8 Å². The number of phenolic OH excluding ortho intramolecular Hbond substituents is 1. The zero-order chi connectivity index (χ0) is 21.4. The number of nitrogens with zero attached hydrogens (tertiary/aromatic N) is 3. The van der Waals surface area contributed by atoms with E-state index in [0.717, 1.165) is 11.1 Å². The van der Waals surface area contributed by atoms with Gasteiger partial charge in [-0.05, 0) is 55.3 Å². The van der Waals surface area contributed by atoms with Crippen molar-refractivity contribution in [1.29, 1.82) is 0 Å². The first-order valence-corrected chi connectivity index (χ1v) is 9.39. The summed E-state index contributed by atoms with van der Waals surface area (Å²) >= 11 is 6.02. The minimum atomic E-state index is -0.505. The van der Waals surface area contributed by atoms with Crippen LogP contribution in [0.3, 0.4) is 0 Å². The maximum absolute atomic E-state index is 11.1. The Labute approximate surface area is 176 Å². The monoisotopic (exact) mass is 421 g/mol. The van der Waals surface area contributed by atoms with Gasteiger partial charge in [-0.15, -0.1) is 0 Å². The van der Waals surface area contributed by atoms with Crippen LogP contribution in [0.2, 0.25) is 5.02 Å². The van der Waals surface area contributed by atoms with Crippen LogP contribution in [-0.2, 0) is 0 Å². The fraction of sp³-hybridized carbons (Fsp3) is 0.0909. The highest BCUT2D eigenvalue weighted by atomic mass is 35.5. The first-order valence-electron chi connectivity index (χ1n) is 9.01. The third kappa shape index (κ3) is 3.62. The maximum Gasteiger partial charge on any atom is 0.270 e. The molecule has 1 N–H and O–H groups in total. The van der Waals surface area contributed by atoms with Gasteiger partial charge >= 0.3 is 0 Å². The van der Waals surface area contributed by atoms with Crippen molar-refractivity contribution in [3.63, 3.8) is 0 Å². The number of non-ortho nitro benzene ring substituents is 1. The van der Waals surface area contributed by atoms with Crippen LogP contribution in [0.15, 0.2) is 57.9 Å². The van der Waals surface area contributed by atoms with Crippen molar-refractivity contribution in [2.24, 2.45) is 4.99 Å². The average molecular weight is 422 g/mol. The molecule has 8 heteroatoms. The number of fused-ring (bicyclic) bond motifs is 1. The van der Waals surface area contributed by atoms with E-state index in [2.05, 4.69) is 9.98 Å². The van der Waals surface area contributed by atoms with Crippen LogP contribution in [0, 0.1) is 24.0 Å². The second kappa shape index (κ2) is 7.61. The number of oxazole rings is 1. The summed E-state index contributed by atoms with van der Waals surface area (Å²) in [7, 11) is 0. The van der Waals surface area contributed by atoms with Crippen molar-refractivity contribution in [1.82, 2.24) is 4.98 Å². The molecule has 150 valence electrons. The quantitative estimate of drug-likeness (QED) is 0.242. The molecular weight excluding hydrogens is 406 g/mol. The number of aliphatic imine (C=N–C) groups is 1. The minimum Gasteiger partial charge on any atom is -0.507 e. The second-order valence-electron chi connectivity index (χ2n) is 6.80. The number of aromatic nitrogens is 1. The van der Waals surface area contributed by atoms with Crippen LogP contribution in [0.1, 0.15) is 16.7 Å². The molecule has 0 aliphatic heterocycles. The summed E-state index contributed by atoms with van der Waals surface area (Å²) < 4.78 is 5.85. The van der Waals surface area contributed by atoms with Gasteiger partial charge in [-0.3, -0.25) is 15.1 Å². The van der Waals surface area contributed by atoms with E-state index in [-0.39, 0.29) is 17.0 Å². The number of halogens is 1. The summed E-state index contributed by atoms with van der Waals surface area (Å²) in [5, 5.41) is 21.9. The van der Waals surface area contributed by atoms with Gasteiger partial charge in [0.05, 0.1) is 10.6 Å². The van der Waals surface area contributed by atoms with E-state index in [9.17, 15) is 15.2 Å². The Morgan fingerprint density at radius 1 is 1.20 bits per heavy atom. The van der Waals surface area contributed by atoms with Crippen LogP contribution in [-0.4, -0.2) is 21.2 Å². The lowest BCUT2D eigenvalue weighted by Crippen LogP contribution is -1.93. The molecule has 0 atom stereocenters. The molecule has 0 bridgehead atoms. The molecule has 0 unspecified atom stereocenters. The van der Waals surface area contributed by atoms with Gasteiger partial charge in [0.25, 0.3) is 5.69 Å². The predicted molar refractivity (Wildman–Crippen MR) is 116 cm³/mol. The van der Waals surface area contributed by atoms with E-state index < -0.39 is 4.92 Å². The molecule has 1 aromatic heterocycles. The van der Waals surface area contributed by atoms with E-state index in [1.807, 2.05) is 19.1 Å². The molecule has 0 aliphatic carbocycles. The molecule has 0 amide bonds. The van der Waals surface area contributed by atoms with E-state index in [1.165, 1.54) is 18.3 Å². The molecule has 0 saturated carbocycles. The Morgan fingerprint density at radius 2 is 2.00 bits per heavy atom. The van der Waals surface area contributed by atoms with E-state index in [4.69, 9.17) is 16.0 Å². The number of nitro benzene ring substituents is 1. The molecule has 3 aromatic carbocycles. The number of hydrogen-bond acceptors (Lipinski definition) is 6. The third-order valence-electron chi connectivity index (χ3n) is 4.75. The third-order valence-corrected chi connectivity index (χ3v) is 4.99. The van der Waals surface area contributed by atoms with Crippen molar-refractivity contribution in [2.75, 3.05) is 0 Å². The van der Waals surface area contributed by atoms with E-state index in [0.29, 0.717) is 33.3 Å². The number of aryl methyl sites for hydroxylation is 1. The Bertz CT molecular complexity index is 1330. The Kier molecular flexibility index (Phi) is 4.97. The molecular formula is C22H16ClN3O4. The number of phenols is 1. The molecule has 0 spiro atoms. The zero-order valence-corrected chi connectivity index (χ0v) is 16.8. The van der Waals surface area contributed by atoms with Gasteiger partial charge in [0.1, 0.15) is 11.3 Å². The van der Waals surface area contributed by atoms with Crippen molar-refractivity contribution in [3.8, 4) is 17.2 Å². The van der Waals surface area contributed by atoms with Gasteiger partial charge in [-0.1, -0.05) is 17.7 Å². The molecule has 4 aromatic rings. The number of nitro groups is 1. The van der Waals surface area contributed by atoms with Gasteiger partial charge in [0.2, 0.25) is 5.89 Å². The molecule has 4 rings (SSSR count). The molecule has 0 fully saturated rings. The molecule has 0 saturated heterocycles. The maximum atomic E-state index is 11.1. The molecule has 7 nitrogen and oxygen atoms in total. The summed E-state index contributed by atoms with van der Waals surface area (Å²) in [5.74, 6) is 0.393. The fourth-order valence-electron chi connectivity index (χ4n) is 3.14. The predicted octanol–water partition coefficient (Wildman–Crippen LogP) is 6.13. The summed E-state index contributed by atoms with van der Waals surface area (Å²) in [6, 6.07) is 13.3. The van der Waals surface area contributed by atoms with Crippen molar-refractivity contribution in [3.05, 3.63) is 80.4 Å². The van der Waals surface area contributed by atoms with Crippen LogP contribution in [0.5, 0.6) is 5.75 Å². The number of benzene rings is 3. The highest BCUT2D eigenvalue weighted by Crippen LogP contribution is 2.33. The highest BCUT2D eigenvalue weighted by Gasteiger charge is 2.15. The Morgan fingerprint density at radius 3 is 2.77 bits per heavy atom. The lowest BCUT2D eigenvalue weighted by Gasteiger charge is -2.06. The lowest BCUT2D eigenvalue weighted by molar-refractivity contribution is -0.384. The van der Waals surface area contributed by atoms with E-state index in [1.54, 1.807) is 31.2 Å². The van der Waals surface area contributed by atoms with E-state index >= 15 is 0 Å². The fourth-order valence-corrected chi connectivity index (χ4v) is 3.31. The number of hydrogen-bond donors (Lipinski definition) is 1. The standard InChI is InChI=1S/C22H16ClN3O4/c1-12-8-16(26(28)29)9-14(21(12)27)11-24-18-5-3-4-17(13(18)2)22-25-19-10-15(23)6-7-20(19)30-22/h3-11,27H,1-2H3. The Balaban J connectivity index is 1.74. The van der Waals surface area contributed by atoms with Gasteiger partial charge in [0.15, 0.2) is 5.58 Å². The summed E-state index contributed by atoms with van der Waals surface area (Å²) in [6.07, 6.45) is 1.41. The summed E-state index contributed by atoms with van der Waals surface area (Å²) in [4.78, 5) is 19.5. The average Bonchev–Trinajstić information content (AvgIpc) is 3.12. The first kappa shape index (κ1) is 19.6. The minimum absolute atomic E-state index is 0.0472. The summed E-state index contributed by atoms with van der Waals surface area (Å²) in [5.41, 5.74) is 4.04. The van der Waals surface area contributed by atoms with Crippen molar-refractivity contribution >= 4 is 40.3 Å². The molecule has 30 heavy (non-hydrogen) atoms. The molecule has 0 aliphatic rings. The SMILES string of the molecule is Cc1cc([N+](=O)[O-])cc(C=Nc2cccc(-c3nc4cc(Cl)ccc4o3)c2C)c1O.